The lowest BCUT2D eigenvalue weighted by molar-refractivity contribution is -0.142. The van der Waals surface area contributed by atoms with Gasteiger partial charge in [0.2, 0.25) is 5.91 Å². The Labute approximate surface area is 147 Å². The summed E-state index contributed by atoms with van der Waals surface area (Å²) < 4.78 is 44.4. The molecule has 0 aromatic carbocycles. The molecular weight excluding hydrogens is 357 g/mol. The molecule has 1 aromatic rings. The molecule has 0 bridgehead atoms. The molecule has 10 heteroatoms. The maximum Gasteiger partial charge on any atom is 0.421 e. The number of pyridine rings is 1. The minimum atomic E-state index is -4.81. The highest BCUT2D eigenvalue weighted by molar-refractivity contribution is 5.77. The molecule has 0 atom stereocenters. The standard InChI is InChI=1S/C16H19F3N2O5/c17-16(18,19)12-2-1-6-20(15(12)25)10-13(22)21(7-3-14(23)24)11-4-8-26-9-5-11/h1-2,6,11H,3-5,7-10H2,(H,23,24). The van der Waals surface area contributed by atoms with Crippen LogP contribution in [-0.2, 0) is 27.0 Å². The third-order valence-corrected chi connectivity index (χ3v) is 4.15. The molecule has 1 aliphatic rings. The molecule has 7 nitrogen and oxygen atoms in total. The van der Waals surface area contributed by atoms with Crippen molar-refractivity contribution in [1.82, 2.24) is 9.47 Å². The highest BCUT2D eigenvalue weighted by Crippen LogP contribution is 2.26. The average molecular weight is 376 g/mol. The lowest BCUT2D eigenvalue weighted by Crippen LogP contribution is -2.46. The Bertz CT molecular complexity index is 711. The number of aromatic nitrogens is 1. The summed E-state index contributed by atoms with van der Waals surface area (Å²) in [4.78, 5) is 36.7. The smallest absolute Gasteiger partial charge is 0.421 e. The Balaban J connectivity index is 2.20. The van der Waals surface area contributed by atoms with E-state index in [9.17, 15) is 27.6 Å². The van der Waals surface area contributed by atoms with E-state index in [1.807, 2.05) is 0 Å². The van der Waals surface area contributed by atoms with E-state index in [1.165, 1.54) is 4.90 Å². The Hall–Kier alpha value is -2.36. The van der Waals surface area contributed by atoms with Crippen LogP contribution in [0.25, 0.3) is 0 Å². The molecule has 1 N–H and O–H groups in total. The van der Waals surface area contributed by atoms with Gasteiger partial charge in [-0.3, -0.25) is 14.4 Å². The molecule has 1 aromatic heterocycles. The van der Waals surface area contributed by atoms with Gasteiger partial charge in [-0.05, 0) is 25.0 Å². The average Bonchev–Trinajstić information content (AvgIpc) is 2.56. The molecule has 26 heavy (non-hydrogen) atoms. The first-order chi connectivity index (χ1) is 12.2. The minimum Gasteiger partial charge on any atom is -0.481 e. The van der Waals surface area contributed by atoms with Crippen molar-refractivity contribution in [3.63, 3.8) is 0 Å². The van der Waals surface area contributed by atoms with Crippen molar-refractivity contribution in [2.24, 2.45) is 0 Å². The van der Waals surface area contributed by atoms with Crippen LogP contribution in [0.2, 0.25) is 0 Å². The summed E-state index contributed by atoms with van der Waals surface area (Å²) in [6.45, 7) is 0.155. The van der Waals surface area contributed by atoms with Crippen LogP contribution in [0, 0.1) is 0 Å². The SMILES string of the molecule is O=C(O)CCN(C(=O)Cn1cccc(C(F)(F)F)c1=O)C1CCOCC1. The number of hydrogen-bond donors (Lipinski definition) is 1. The van der Waals surface area contributed by atoms with Gasteiger partial charge in [-0.2, -0.15) is 13.2 Å². The van der Waals surface area contributed by atoms with Gasteiger partial charge in [0.05, 0.1) is 6.42 Å². The fourth-order valence-corrected chi connectivity index (χ4v) is 2.84. The van der Waals surface area contributed by atoms with Crippen LogP contribution in [0.1, 0.15) is 24.8 Å². The van der Waals surface area contributed by atoms with Gasteiger partial charge in [0.1, 0.15) is 12.1 Å². The predicted octanol–water partition coefficient (Wildman–Crippen LogP) is 1.35. The van der Waals surface area contributed by atoms with E-state index in [2.05, 4.69) is 0 Å². The van der Waals surface area contributed by atoms with Crippen LogP contribution in [0.5, 0.6) is 0 Å². The number of amides is 1. The summed E-state index contributed by atoms with van der Waals surface area (Å²) in [5.74, 6) is -1.69. The summed E-state index contributed by atoms with van der Waals surface area (Å²) in [6, 6.07) is 1.44. The predicted molar refractivity (Wildman–Crippen MR) is 83.5 cm³/mol. The van der Waals surface area contributed by atoms with Crippen molar-refractivity contribution >= 4 is 11.9 Å². The summed E-state index contributed by atoms with van der Waals surface area (Å²) >= 11 is 0. The molecule has 0 spiro atoms. The first-order valence-electron chi connectivity index (χ1n) is 8.06. The number of hydrogen-bond acceptors (Lipinski definition) is 4. The van der Waals surface area contributed by atoms with Crippen LogP contribution in [0.4, 0.5) is 13.2 Å². The molecule has 2 rings (SSSR count). The maximum atomic E-state index is 12.8. The van der Waals surface area contributed by atoms with E-state index in [-0.39, 0.29) is 19.0 Å². The zero-order valence-corrected chi connectivity index (χ0v) is 13.9. The largest absolute Gasteiger partial charge is 0.481 e. The molecule has 0 aliphatic carbocycles. The summed E-state index contributed by atoms with van der Waals surface area (Å²) in [6.07, 6.45) is -2.99. The van der Waals surface area contributed by atoms with Crippen molar-refractivity contribution in [3.8, 4) is 0 Å². The van der Waals surface area contributed by atoms with Crippen molar-refractivity contribution in [1.29, 1.82) is 0 Å². The number of rotatable bonds is 6. The number of nitrogens with zero attached hydrogens (tertiary/aromatic N) is 2. The second-order valence-electron chi connectivity index (χ2n) is 5.93. The first-order valence-corrected chi connectivity index (χ1v) is 8.06. The third-order valence-electron chi connectivity index (χ3n) is 4.15. The van der Waals surface area contributed by atoms with Crippen LogP contribution in [-0.4, -0.2) is 52.3 Å². The molecule has 0 radical (unpaired) electrons. The van der Waals surface area contributed by atoms with Crippen molar-refractivity contribution < 1.29 is 32.6 Å². The van der Waals surface area contributed by atoms with E-state index < -0.39 is 35.7 Å². The van der Waals surface area contributed by atoms with Crippen molar-refractivity contribution in [3.05, 3.63) is 34.2 Å². The molecule has 0 saturated carbocycles. The number of carbonyl (C=O) groups excluding carboxylic acids is 1. The van der Waals surface area contributed by atoms with Gasteiger partial charge in [0.25, 0.3) is 5.56 Å². The number of alkyl halides is 3. The Morgan fingerprint density at radius 3 is 2.54 bits per heavy atom. The lowest BCUT2D eigenvalue weighted by atomic mass is 10.1. The Morgan fingerprint density at radius 1 is 1.31 bits per heavy atom. The van der Waals surface area contributed by atoms with E-state index >= 15 is 0 Å². The van der Waals surface area contributed by atoms with Gasteiger partial charge in [0, 0.05) is 32.0 Å². The van der Waals surface area contributed by atoms with Crippen molar-refractivity contribution in [2.45, 2.75) is 38.0 Å². The topological polar surface area (TPSA) is 88.8 Å². The fourth-order valence-electron chi connectivity index (χ4n) is 2.84. The Morgan fingerprint density at radius 2 is 1.96 bits per heavy atom. The number of ether oxygens (including phenoxy) is 1. The van der Waals surface area contributed by atoms with Gasteiger partial charge in [-0.1, -0.05) is 0 Å². The highest BCUT2D eigenvalue weighted by Gasteiger charge is 2.34. The molecule has 0 unspecified atom stereocenters. The Kier molecular flexibility index (Phi) is 6.41. The van der Waals surface area contributed by atoms with E-state index in [0.29, 0.717) is 36.7 Å². The zero-order valence-electron chi connectivity index (χ0n) is 13.9. The first kappa shape index (κ1) is 20.0. The van der Waals surface area contributed by atoms with Crippen molar-refractivity contribution in [2.75, 3.05) is 19.8 Å². The molecule has 144 valence electrons. The molecule has 1 saturated heterocycles. The quantitative estimate of drug-likeness (QED) is 0.810. The lowest BCUT2D eigenvalue weighted by Gasteiger charge is -2.34. The van der Waals surface area contributed by atoms with Crippen LogP contribution >= 0.6 is 0 Å². The number of aliphatic carboxylic acids is 1. The van der Waals surface area contributed by atoms with Gasteiger partial charge in [0.15, 0.2) is 0 Å². The number of carboxylic acid groups (broad SMARTS) is 1. The van der Waals surface area contributed by atoms with Crippen LogP contribution < -0.4 is 5.56 Å². The van der Waals surface area contributed by atoms with E-state index in [1.54, 1.807) is 0 Å². The monoisotopic (exact) mass is 376 g/mol. The van der Waals surface area contributed by atoms with Gasteiger partial charge in [-0.15, -0.1) is 0 Å². The summed E-state index contributed by atoms with van der Waals surface area (Å²) in [5.41, 5.74) is -2.66. The maximum absolute atomic E-state index is 12.8. The number of carboxylic acids is 1. The summed E-state index contributed by atoms with van der Waals surface area (Å²) in [7, 11) is 0. The minimum absolute atomic E-state index is 0.0768. The molecule has 1 aliphatic heterocycles. The number of halogens is 3. The van der Waals surface area contributed by atoms with Crippen LogP contribution in [0.3, 0.4) is 0 Å². The van der Waals surface area contributed by atoms with Crippen LogP contribution in [0.15, 0.2) is 23.1 Å². The zero-order chi connectivity index (χ0) is 19.3. The van der Waals surface area contributed by atoms with Gasteiger partial charge in [-0.25, -0.2) is 0 Å². The molecule has 1 amide bonds. The normalized spacial score (nSPS) is 15.7. The highest BCUT2D eigenvalue weighted by atomic mass is 19.4. The second-order valence-corrected chi connectivity index (χ2v) is 5.93. The van der Waals surface area contributed by atoms with Gasteiger partial charge < -0.3 is 19.3 Å². The second kappa shape index (κ2) is 8.35. The van der Waals surface area contributed by atoms with E-state index in [4.69, 9.17) is 9.84 Å². The number of carbonyl (C=O) groups is 2. The summed E-state index contributed by atoms with van der Waals surface area (Å²) in [5, 5.41) is 8.86. The molecule has 1 fully saturated rings. The molecular formula is C16H19F3N2O5. The third kappa shape index (κ3) is 5.07. The fraction of sp³-hybridized carbons (Fsp3) is 0.562. The van der Waals surface area contributed by atoms with Gasteiger partial charge >= 0.3 is 12.1 Å². The van der Waals surface area contributed by atoms with E-state index in [0.717, 1.165) is 12.3 Å². The molecule has 2 heterocycles.